The summed E-state index contributed by atoms with van der Waals surface area (Å²) in [5.74, 6) is 0. The Labute approximate surface area is 161 Å². The third kappa shape index (κ3) is 2.71. The van der Waals surface area contributed by atoms with Crippen LogP contribution in [0.25, 0.3) is 21.2 Å². The van der Waals surface area contributed by atoms with Crippen molar-refractivity contribution < 1.29 is 21.3 Å². The molecule has 0 N–H and O–H groups in total. The second kappa shape index (κ2) is 5.93. The minimum atomic E-state index is -4.18. The zero-order valence-corrected chi connectivity index (χ0v) is 16.5. The summed E-state index contributed by atoms with van der Waals surface area (Å²) >= 11 is 6.94. The van der Waals surface area contributed by atoms with E-state index in [1.54, 1.807) is 30.3 Å². The van der Waals surface area contributed by atoms with E-state index in [0.29, 0.717) is 15.8 Å². The predicted molar refractivity (Wildman–Crippen MR) is 99.3 cm³/mol. The molecule has 6 nitrogen and oxygen atoms in total. The monoisotopic (exact) mass is 447 g/mol. The third-order valence-corrected chi connectivity index (χ3v) is 9.00. The first-order valence-electron chi connectivity index (χ1n) is 6.96. The normalized spacial score (nSPS) is 12.8. The van der Waals surface area contributed by atoms with Crippen molar-refractivity contribution in [2.75, 3.05) is 0 Å². The number of thiophene rings is 1. The van der Waals surface area contributed by atoms with Crippen molar-refractivity contribution in [3.05, 3.63) is 47.5 Å². The fourth-order valence-corrected chi connectivity index (χ4v) is 7.11. The number of hydrogen-bond acceptors (Lipinski definition) is 7. The molecule has 0 radical (unpaired) electrons. The lowest BCUT2D eigenvalue weighted by atomic mass is 10.3. The van der Waals surface area contributed by atoms with Crippen molar-refractivity contribution in [2.45, 2.75) is 14.3 Å². The molecule has 0 saturated carbocycles. The molecule has 0 aliphatic heterocycles. The summed E-state index contributed by atoms with van der Waals surface area (Å²) in [6, 6.07) is 11.0. The molecule has 2 heterocycles. The van der Waals surface area contributed by atoms with E-state index in [2.05, 4.69) is 4.98 Å². The van der Waals surface area contributed by atoms with Crippen molar-refractivity contribution >= 4 is 73.7 Å². The Morgan fingerprint density at radius 2 is 1.73 bits per heavy atom. The van der Waals surface area contributed by atoms with Gasteiger partial charge in [0.25, 0.3) is 18.9 Å². The number of hydrogen-bond donors (Lipinski definition) is 0. The van der Waals surface area contributed by atoms with Gasteiger partial charge in [-0.05, 0) is 24.3 Å². The number of oxazole rings is 1. The van der Waals surface area contributed by atoms with Crippen molar-refractivity contribution in [2.24, 2.45) is 0 Å². The molecular formula is C15H7Cl2NO5S3. The van der Waals surface area contributed by atoms with Gasteiger partial charge in [-0.25, -0.2) is 16.8 Å². The van der Waals surface area contributed by atoms with E-state index in [9.17, 15) is 16.8 Å². The maximum Gasteiger partial charge on any atom is 0.321 e. The number of nitrogens with zero attached hydrogens (tertiary/aromatic N) is 1. The van der Waals surface area contributed by atoms with Gasteiger partial charge in [-0.2, -0.15) is 4.98 Å². The summed E-state index contributed by atoms with van der Waals surface area (Å²) in [6.45, 7) is 0. The van der Waals surface area contributed by atoms with E-state index < -0.39 is 24.1 Å². The number of halogens is 2. The number of rotatable bonds is 3. The molecule has 2 aromatic carbocycles. The van der Waals surface area contributed by atoms with Crippen LogP contribution in [-0.4, -0.2) is 21.8 Å². The van der Waals surface area contributed by atoms with Crippen LogP contribution in [0.2, 0.25) is 5.02 Å². The largest absolute Gasteiger partial charge is 0.428 e. The van der Waals surface area contributed by atoms with Crippen LogP contribution >= 0.6 is 33.6 Å². The minimum Gasteiger partial charge on any atom is -0.428 e. The number of aromatic nitrogens is 1. The van der Waals surface area contributed by atoms with Crippen LogP contribution in [0.3, 0.4) is 0 Å². The molecule has 11 heteroatoms. The Morgan fingerprint density at radius 3 is 2.42 bits per heavy atom. The maximum absolute atomic E-state index is 13.0. The third-order valence-electron chi connectivity index (χ3n) is 3.60. The SMILES string of the molecule is O=S(=O)(Cl)c1sc2cccc(S(=O)(=O)c3nc4ccccc4o3)c2c1Cl. The molecule has 2 aromatic heterocycles. The fraction of sp³-hybridized carbons (Fsp3) is 0. The second-order valence-corrected chi connectivity index (χ2v) is 11.2. The number of fused-ring (bicyclic) bond motifs is 2. The zero-order valence-electron chi connectivity index (χ0n) is 12.5. The molecule has 0 aliphatic carbocycles. The standard InChI is InChI=1S/C15H7Cl2NO5S3/c16-13-12-10(24-14(13)26(17,21)22)6-3-7-11(12)25(19,20)15-18-8-4-1-2-5-9(8)23-15/h1-7H. The molecule has 0 atom stereocenters. The molecular weight excluding hydrogens is 441 g/mol. The summed E-state index contributed by atoms with van der Waals surface area (Å²) in [4.78, 5) is 3.81. The van der Waals surface area contributed by atoms with Gasteiger partial charge in [0.05, 0.1) is 9.92 Å². The zero-order chi connectivity index (χ0) is 18.7. The van der Waals surface area contributed by atoms with Gasteiger partial charge in [-0.15, -0.1) is 11.3 Å². The number of sulfone groups is 1. The van der Waals surface area contributed by atoms with Gasteiger partial charge in [0.1, 0.15) is 5.52 Å². The van der Waals surface area contributed by atoms with E-state index in [4.69, 9.17) is 26.7 Å². The van der Waals surface area contributed by atoms with E-state index in [1.165, 1.54) is 12.1 Å². The highest BCUT2D eigenvalue weighted by Crippen LogP contribution is 2.43. The second-order valence-electron chi connectivity index (χ2n) is 5.22. The quantitative estimate of drug-likeness (QED) is 0.430. The summed E-state index contributed by atoms with van der Waals surface area (Å²) in [5, 5.41) is -0.667. The Balaban J connectivity index is 2.03. The van der Waals surface area contributed by atoms with Gasteiger partial charge in [-0.3, -0.25) is 0 Å². The van der Waals surface area contributed by atoms with Gasteiger partial charge < -0.3 is 4.42 Å². The molecule has 0 saturated heterocycles. The average molecular weight is 448 g/mol. The van der Waals surface area contributed by atoms with Gasteiger partial charge in [0.2, 0.25) is 0 Å². The van der Waals surface area contributed by atoms with Crippen LogP contribution in [0, 0.1) is 0 Å². The molecule has 0 bridgehead atoms. The molecule has 0 amide bonds. The number of para-hydroxylation sites is 2. The average Bonchev–Trinajstić information content (AvgIpc) is 3.16. The molecule has 26 heavy (non-hydrogen) atoms. The van der Waals surface area contributed by atoms with Crippen molar-refractivity contribution in [1.29, 1.82) is 0 Å². The van der Waals surface area contributed by atoms with Crippen LogP contribution in [0.4, 0.5) is 0 Å². The molecule has 0 unspecified atom stereocenters. The Hall–Kier alpha value is -1.65. The van der Waals surface area contributed by atoms with Gasteiger partial charge in [0, 0.05) is 20.8 Å². The van der Waals surface area contributed by atoms with Crippen LogP contribution in [0.5, 0.6) is 0 Å². The van der Waals surface area contributed by atoms with Crippen LogP contribution in [0.15, 0.2) is 61.2 Å². The Bertz CT molecular complexity index is 1350. The molecule has 4 aromatic rings. The predicted octanol–water partition coefficient (Wildman–Crippen LogP) is 4.46. The summed E-state index contributed by atoms with van der Waals surface area (Å²) in [5.41, 5.74) is 0.706. The molecule has 4 rings (SSSR count). The maximum atomic E-state index is 13.0. The van der Waals surface area contributed by atoms with E-state index in [1.807, 2.05) is 0 Å². The first-order valence-corrected chi connectivity index (χ1v) is 11.9. The van der Waals surface area contributed by atoms with Crippen molar-refractivity contribution in [1.82, 2.24) is 4.98 Å². The lowest BCUT2D eigenvalue weighted by Crippen LogP contribution is -2.03. The smallest absolute Gasteiger partial charge is 0.321 e. The highest BCUT2D eigenvalue weighted by Gasteiger charge is 2.30. The molecule has 134 valence electrons. The van der Waals surface area contributed by atoms with E-state index >= 15 is 0 Å². The summed E-state index contributed by atoms with van der Waals surface area (Å²) < 4.78 is 54.9. The van der Waals surface area contributed by atoms with E-state index in [0.717, 1.165) is 11.3 Å². The topological polar surface area (TPSA) is 94.3 Å². The Morgan fingerprint density at radius 1 is 1.00 bits per heavy atom. The lowest BCUT2D eigenvalue weighted by molar-refractivity contribution is 0.458. The van der Waals surface area contributed by atoms with Gasteiger partial charge in [0.15, 0.2) is 9.79 Å². The van der Waals surface area contributed by atoms with Crippen molar-refractivity contribution in [3.63, 3.8) is 0 Å². The molecule has 0 aliphatic rings. The first kappa shape index (κ1) is 17.7. The summed E-state index contributed by atoms with van der Waals surface area (Å²) in [7, 11) is -2.90. The highest BCUT2D eigenvalue weighted by molar-refractivity contribution is 8.15. The molecule has 0 spiro atoms. The summed E-state index contributed by atoms with van der Waals surface area (Å²) in [6.07, 6.45) is 0. The lowest BCUT2D eigenvalue weighted by Gasteiger charge is -2.02. The first-order chi connectivity index (χ1) is 12.2. The minimum absolute atomic E-state index is 0.0700. The highest BCUT2D eigenvalue weighted by atomic mass is 35.7. The van der Waals surface area contributed by atoms with Gasteiger partial charge in [-0.1, -0.05) is 29.8 Å². The fourth-order valence-electron chi connectivity index (χ4n) is 2.50. The number of benzene rings is 2. The van der Waals surface area contributed by atoms with Crippen molar-refractivity contribution in [3.8, 4) is 0 Å². The van der Waals surface area contributed by atoms with Gasteiger partial charge >= 0.3 is 5.22 Å². The Kier molecular flexibility index (Phi) is 4.05. The molecule has 0 fully saturated rings. The van der Waals surface area contributed by atoms with Crippen LogP contribution in [-0.2, 0) is 18.9 Å². The van der Waals surface area contributed by atoms with E-state index in [-0.39, 0.29) is 19.5 Å². The van der Waals surface area contributed by atoms with Crippen LogP contribution in [0.1, 0.15) is 0 Å². The van der Waals surface area contributed by atoms with Crippen LogP contribution < -0.4 is 0 Å².